The molecule has 1 aliphatic rings. The van der Waals surface area contributed by atoms with Crippen LogP contribution in [0.1, 0.15) is 34.2 Å². The molecule has 0 radical (unpaired) electrons. The summed E-state index contributed by atoms with van der Waals surface area (Å²) in [5.41, 5.74) is 4.90. The molecule has 0 unspecified atom stereocenters. The van der Waals surface area contributed by atoms with Crippen LogP contribution < -0.4 is 19.9 Å². The van der Waals surface area contributed by atoms with E-state index in [1.807, 2.05) is 36.2 Å². The van der Waals surface area contributed by atoms with E-state index in [4.69, 9.17) is 4.74 Å². The highest BCUT2D eigenvalue weighted by Crippen LogP contribution is 2.28. The quantitative estimate of drug-likeness (QED) is 0.271. The van der Waals surface area contributed by atoms with Crippen LogP contribution in [0.2, 0.25) is 0 Å². The number of allylic oxidation sites excluding steroid dienone is 1. The Morgan fingerprint density at radius 3 is 2.41 bits per heavy atom. The fraction of sp³-hybridized carbons (Fsp3) is 0.290. The Hall–Kier alpha value is -4.47. The van der Waals surface area contributed by atoms with Crippen LogP contribution in [-0.2, 0) is 6.54 Å². The number of anilines is 2. The highest BCUT2D eigenvalue weighted by atomic mass is 19.3. The number of nitrogens with zero attached hydrogens (tertiary/aromatic N) is 4. The second-order valence-corrected chi connectivity index (χ2v) is 10.1. The van der Waals surface area contributed by atoms with Gasteiger partial charge < -0.3 is 19.9 Å². The average Bonchev–Trinajstić information content (AvgIpc) is 3.27. The van der Waals surface area contributed by atoms with Crippen molar-refractivity contribution in [1.29, 1.82) is 0 Å². The lowest BCUT2D eigenvalue weighted by Crippen LogP contribution is -2.46. The highest BCUT2D eigenvalue weighted by Gasteiger charge is 2.27. The minimum absolute atomic E-state index is 0.0811. The van der Waals surface area contributed by atoms with Crippen molar-refractivity contribution in [2.45, 2.75) is 33.4 Å². The van der Waals surface area contributed by atoms with Crippen LogP contribution in [0.5, 0.6) is 5.75 Å². The fourth-order valence-electron chi connectivity index (χ4n) is 5.04. The standard InChI is InChI=1S/C31H32F3N5O2/c1-4-12-31(33,34)41-25-8-6-24(7-9-25)37-14-16-38(17-15-37)27-10-5-23(19-26(27)32)20-35-30(40)29-22(3)36-28-18-21(2)11-13-39(28)29/h4-13,18-19H,14-17,20H2,1-3H3,(H,35,40)/b12-4+. The van der Waals surface area contributed by atoms with Crippen molar-refractivity contribution in [3.8, 4) is 5.75 Å². The monoisotopic (exact) mass is 563 g/mol. The molecule has 7 nitrogen and oxygen atoms in total. The summed E-state index contributed by atoms with van der Waals surface area (Å²) in [6.07, 6.45) is 0.409. The van der Waals surface area contributed by atoms with Crippen molar-refractivity contribution in [2.24, 2.45) is 0 Å². The van der Waals surface area contributed by atoms with Gasteiger partial charge in [-0.15, -0.1) is 0 Å². The predicted molar refractivity (Wildman–Crippen MR) is 153 cm³/mol. The Bertz CT molecular complexity index is 1570. The lowest BCUT2D eigenvalue weighted by atomic mass is 10.1. The molecular weight excluding hydrogens is 531 g/mol. The molecule has 214 valence electrons. The summed E-state index contributed by atoms with van der Waals surface area (Å²) in [5.74, 6) is -0.543. The molecule has 0 bridgehead atoms. The number of nitrogens with one attached hydrogen (secondary N) is 1. The number of hydrogen-bond donors (Lipinski definition) is 1. The van der Waals surface area contributed by atoms with Crippen LogP contribution in [0.25, 0.3) is 5.65 Å². The predicted octanol–water partition coefficient (Wildman–Crippen LogP) is 5.89. The summed E-state index contributed by atoms with van der Waals surface area (Å²) in [6, 6.07) is 15.4. The molecule has 0 saturated carbocycles. The Kier molecular flexibility index (Phi) is 7.92. The summed E-state index contributed by atoms with van der Waals surface area (Å²) >= 11 is 0. The molecule has 1 aliphatic heterocycles. The molecule has 0 atom stereocenters. The van der Waals surface area contributed by atoms with Gasteiger partial charge in [0.05, 0.1) is 11.4 Å². The number of rotatable bonds is 8. The molecular formula is C31H32F3N5O2. The Morgan fingerprint density at radius 2 is 1.73 bits per heavy atom. The molecule has 10 heteroatoms. The van der Waals surface area contributed by atoms with Crippen LogP contribution >= 0.6 is 0 Å². The molecule has 5 rings (SSSR count). The van der Waals surface area contributed by atoms with E-state index in [-0.39, 0.29) is 24.0 Å². The van der Waals surface area contributed by atoms with Gasteiger partial charge in [0.2, 0.25) is 0 Å². The van der Waals surface area contributed by atoms with Gasteiger partial charge in [-0.3, -0.25) is 9.20 Å². The number of pyridine rings is 1. The summed E-state index contributed by atoms with van der Waals surface area (Å²) in [4.78, 5) is 21.5. The molecule has 1 amide bonds. The van der Waals surface area contributed by atoms with Gasteiger partial charge in [0.25, 0.3) is 5.91 Å². The van der Waals surface area contributed by atoms with E-state index in [1.165, 1.54) is 31.2 Å². The molecule has 3 heterocycles. The zero-order valence-electron chi connectivity index (χ0n) is 23.2. The lowest BCUT2D eigenvalue weighted by Gasteiger charge is -2.37. The summed E-state index contributed by atoms with van der Waals surface area (Å²) in [7, 11) is 0. The third-order valence-electron chi connectivity index (χ3n) is 7.07. The second kappa shape index (κ2) is 11.6. The molecule has 41 heavy (non-hydrogen) atoms. The smallest absolute Gasteiger partial charge is 0.419 e. The van der Waals surface area contributed by atoms with E-state index in [0.29, 0.717) is 60.5 Å². The minimum atomic E-state index is -3.36. The Labute approximate surface area is 236 Å². The highest BCUT2D eigenvalue weighted by molar-refractivity contribution is 5.94. The van der Waals surface area contributed by atoms with E-state index >= 15 is 4.39 Å². The average molecular weight is 564 g/mol. The third kappa shape index (κ3) is 6.32. The molecule has 0 spiro atoms. The SMILES string of the molecule is C/C=C/C(F)(F)Oc1ccc(N2CCN(c3ccc(CNC(=O)c4c(C)nc5cc(C)ccn45)cc3F)CC2)cc1. The number of piperazine rings is 1. The van der Waals surface area contributed by atoms with Gasteiger partial charge in [0.15, 0.2) is 0 Å². The molecule has 1 fully saturated rings. The normalized spacial score (nSPS) is 14.2. The van der Waals surface area contributed by atoms with Gasteiger partial charge >= 0.3 is 6.11 Å². The largest absolute Gasteiger partial charge is 0.429 e. The first-order valence-electron chi connectivity index (χ1n) is 13.5. The van der Waals surface area contributed by atoms with Gasteiger partial charge in [-0.05, 0) is 80.4 Å². The molecule has 1 N–H and O–H groups in total. The van der Waals surface area contributed by atoms with Crippen molar-refractivity contribution in [3.05, 3.63) is 101 Å². The van der Waals surface area contributed by atoms with E-state index in [2.05, 4.69) is 15.2 Å². The number of hydrogen-bond acceptors (Lipinski definition) is 5. The Balaban J connectivity index is 1.17. The number of ether oxygens (including phenoxy) is 1. The second-order valence-electron chi connectivity index (χ2n) is 10.1. The van der Waals surface area contributed by atoms with Gasteiger partial charge in [0, 0.05) is 50.7 Å². The zero-order chi connectivity index (χ0) is 29.1. The van der Waals surface area contributed by atoms with Crippen LogP contribution in [0.3, 0.4) is 0 Å². The van der Waals surface area contributed by atoms with Crippen molar-refractivity contribution >= 4 is 22.9 Å². The number of halogens is 3. The maximum atomic E-state index is 15.1. The maximum absolute atomic E-state index is 15.1. The first-order valence-corrected chi connectivity index (χ1v) is 13.5. The van der Waals surface area contributed by atoms with Crippen molar-refractivity contribution in [1.82, 2.24) is 14.7 Å². The molecule has 0 aliphatic carbocycles. The van der Waals surface area contributed by atoms with Crippen LogP contribution in [0.4, 0.5) is 24.5 Å². The van der Waals surface area contributed by atoms with Crippen molar-refractivity contribution in [3.63, 3.8) is 0 Å². The summed E-state index contributed by atoms with van der Waals surface area (Å²) < 4.78 is 49.0. The van der Waals surface area contributed by atoms with Gasteiger partial charge in [-0.1, -0.05) is 12.1 Å². The van der Waals surface area contributed by atoms with Gasteiger partial charge in [0.1, 0.15) is 22.9 Å². The van der Waals surface area contributed by atoms with E-state index in [9.17, 15) is 13.6 Å². The number of fused-ring (bicyclic) bond motifs is 1. The van der Waals surface area contributed by atoms with E-state index < -0.39 is 6.11 Å². The zero-order valence-corrected chi connectivity index (χ0v) is 23.2. The lowest BCUT2D eigenvalue weighted by molar-refractivity contribution is -0.131. The molecule has 2 aromatic heterocycles. The molecule has 2 aromatic carbocycles. The van der Waals surface area contributed by atoms with E-state index in [0.717, 1.165) is 11.3 Å². The number of benzene rings is 2. The van der Waals surface area contributed by atoms with Crippen LogP contribution in [-0.4, -0.2) is 47.6 Å². The minimum Gasteiger partial charge on any atom is -0.429 e. The fourth-order valence-corrected chi connectivity index (χ4v) is 5.04. The Morgan fingerprint density at radius 1 is 1.02 bits per heavy atom. The van der Waals surface area contributed by atoms with Crippen LogP contribution in [0.15, 0.2) is 72.9 Å². The third-order valence-corrected chi connectivity index (χ3v) is 7.07. The maximum Gasteiger partial charge on any atom is 0.419 e. The first-order chi connectivity index (χ1) is 19.6. The number of aryl methyl sites for hydroxylation is 2. The number of alkyl halides is 2. The number of aromatic nitrogens is 2. The number of carbonyl (C=O) groups is 1. The molecule has 1 saturated heterocycles. The van der Waals surface area contributed by atoms with Gasteiger partial charge in [-0.25, -0.2) is 9.37 Å². The summed E-state index contributed by atoms with van der Waals surface area (Å²) in [5, 5.41) is 2.88. The first kappa shape index (κ1) is 28.1. The number of amides is 1. The number of imidazole rings is 1. The topological polar surface area (TPSA) is 62.1 Å². The van der Waals surface area contributed by atoms with Crippen LogP contribution in [0, 0.1) is 19.7 Å². The van der Waals surface area contributed by atoms with Crippen molar-refractivity contribution in [2.75, 3.05) is 36.0 Å². The van der Waals surface area contributed by atoms with E-state index in [1.54, 1.807) is 29.5 Å². The number of carbonyl (C=O) groups excluding carboxylic acids is 1. The molecule has 4 aromatic rings. The summed E-state index contributed by atoms with van der Waals surface area (Å²) in [6.45, 7) is 7.93. The van der Waals surface area contributed by atoms with Gasteiger partial charge in [-0.2, -0.15) is 8.78 Å². The van der Waals surface area contributed by atoms with Crippen molar-refractivity contribution < 1.29 is 22.7 Å².